The van der Waals surface area contributed by atoms with Crippen LogP contribution in [0.15, 0.2) is 30.3 Å². The minimum Gasteiger partial charge on any atom is -0.339 e. The molecule has 0 radical (unpaired) electrons. The van der Waals surface area contributed by atoms with Gasteiger partial charge in [-0.05, 0) is 12.0 Å². The van der Waals surface area contributed by atoms with Gasteiger partial charge in [0.05, 0.1) is 0 Å². The molecule has 6 heteroatoms. The number of hydrogen-bond donors (Lipinski definition) is 1. The fourth-order valence-electron chi connectivity index (χ4n) is 2.53. The van der Waals surface area contributed by atoms with Gasteiger partial charge in [0.1, 0.15) is 12.1 Å². The van der Waals surface area contributed by atoms with Gasteiger partial charge in [-0.25, -0.2) is 0 Å². The molecule has 1 aliphatic rings. The van der Waals surface area contributed by atoms with E-state index in [2.05, 4.69) is 5.32 Å². The van der Waals surface area contributed by atoms with Crippen molar-refractivity contribution in [3.05, 3.63) is 35.9 Å². The minimum absolute atomic E-state index is 0.127. The summed E-state index contributed by atoms with van der Waals surface area (Å²) in [5, 5.41) is 2.80. The topological polar surface area (TPSA) is 66.5 Å². The highest BCUT2D eigenvalue weighted by Crippen LogP contribution is 2.23. The van der Waals surface area contributed by atoms with E-state index in [9.17, 15) is 13.8 Å². The first kappa shape index (κ1) is 15.7. The Kier molecular flexibility index (Phi) is 5.12. The van der Waals surface area contributed by atoms with E-state index in [4.69, 9.17) is 0 Å². The number of amides is 2. The zero-order chi connectivity index (χ0) is 15.4. The summed E-state index contributed by atoms with van der Waals surface area (Å²) in [6, 6.07) is 8.08. The van der Waals surface area contributed by atoms with Gasteiger partial charge in [-0.2, -0.15) is 0 Å². The van der Waals surface area contributed by atoms with Crippen LogP contribution < -0.4 is 5.32 Å². The van der Waals surface area contributed by atoms with Crippen LogP contribution in [0.4, 0.5) is 0 Å². The van der Waals surface area contributed by atoms with Crippen molar-refractivity contribution in [3.63, 3.8) is 0 Å². The molecule has 1 fully saturated rings. The maximum atomic E-state index is 12.7. The molecule has 1 aliphatic heterocycles. The zero-order valence-corrected chi connectivity index (χ0v) is 13.1. The van der Waals surface area contributed by atoms with Gasteiger partial charge >= 0.3 is 0 Å². The second-order valence-electron chi connectivity index (χ2n) is 5.09. The lowest BCUT2D eigenvalue weighted by Gasteiger charge is -2.38. The van der Waals surface area contributed by atoms with Gasteiger partial charge in [0.2, 0.25) is 5.91 Å². The summed E-state index contributed by atoms with van der Waals surface area (Å²) in [4.78, 5) is 26.5. The lowest BCUT2D eigenvalue weighted by molar-refractivity contribution is -0.149. The number of carbonyl (C=O) groups is 2. The van der Waals surface area contributed by atoms with Crippen LogP contribution in [0, 0.1) is 0 Å². The first-order valence-electron chi connectivity index (χ1n) is 7.00. The molecule has 0 saturated carbocycles. The molecular formula is C15H20N2O3S. The van der Waals surface area contributed by atoms with E-state index >= 15 is 0 Å². The molecule has 2 amide bonds. The minimum atomic E-state index is -0.992. The van der Waals surface area contributed by atoms with E-state index in [-0.39, 0.29) is 11.8 Å². The predicted molar refractivity (Wildman–Crippen MR) is 82.1 cm³/mol. The third kappa shape index (κ3) is 3.50. The fraction of sp³-hybridized carbons (Fsp3) is 0.467. The van der Waals surface area contributed by atoms with Crippen molar-refractivity contribution in [2.24, 2.45) is 0 Å². The van der Waals surface area contributed by atoms with Crippen LogP contribution in [0.1, 0.15) is 24.9 Å². The Morgan fingerprint density at radius 3 is 2.48 bits per heavy atom. The lowest BCUT2D eigenvalue weighted by atomic mass is 9.99. The average Bonchev–Trinajstić information content (AvgIpc) is 2.48. The largest absolute Gasteiger partial charge is 0.339 e. The van der Waals surface area contributed by atoms with Crippen molar-refractivity contribution in [3.8, 4) is 0 Å². The summed E-state index contributed by atoms with van der Waals surface area (Å²) >= 11 is 0. The Balaban J connectivity index is 2.25. The third-order valence-corrected chi connectivity index (χ3v) is 4.39. The highest BCUT2D eigenvalue weighted by atomic mass is 32.2. The van der Waals surface area contributed by atoms with Crippen molar-refractivity contribution in [2.45, 2.75) is 25.4 Å². The molecule has 0 aliphatic carbocycles. The molecule has 2 rings (SSSR count). The summed E-state index contributed by atoms with van der Waals surface area (Å²) in [6.45, 7) is 2.22. The van der Waals surface area contributed by atoms with E-state index in [1.165, 1.54) is 0 Å². The molecule has 0 aromatic heterocycles. The molecule has 5 nitrogen and oxygen atoms in total. The number of carbonyl (C=O) groups excluding carboxylic acids is 2. The Labute approximate surface area is 127 Å². The zero-order valence-electron chi connectivity index (χ0n) is 12.2. The number of nitrogens with one attached hydrogen (secondary N) is 1. The van der Waals surface area contributed by atoms with Gasteiger partial charge in [0.15, 0.2) is 0 Å². The molecule has 3 atom stereocenters. The van der Waals surface area contributed by atoms with Gasteiger partial charge in [-0.15, -0.1) is 0 Å². The van der Waals surface area contributed by atoms with E-state index in [0.29, 0.717) is 18.7 Å². The molecule has 0 spiro atoms. The first-order chi connectivity index (χ1) is 10.0. The Morgan fingerprint density at radius 1 is 1.24 bits per heavy atom. The molecule has 0 bridgehead atoms. The summed E-state index contributed by atoms with van der Waals surface area (Å²) in [5.74, 6) is 0.114. The molecule has 114 valence electrons. The van der Waals surface area contributed by atoms with Gasteiger partial charge in [0, 0.05) is 29.4 Å². The number of rotatable bonds is 5. The quantitative estimate of drug-likeness (QED) is 0.877. The van der Waals surface area contributed by atoms with Gasteiger partial charge in [0.25, 0.3) is 5.91 Å². The van der Waals surface area contributed by atoms with Gasteiger partial charge in [-0.1, -0.05) is 37.3 Å². The number of hydrogen-bond acceptors (Lipinski definition) is 3. The van der Waals surface area contributed by atoms with Crippen LogP contribution in [0.25, 0.3) is 0 Å². The van der Waals surface area contributed by atoms with E-state index in [1.807, 2.05) is 37.3 Å². The predicted octanol–water partition coefficient (Wildman–Crippen LogP) is 0.843. The van der Waals surface area contributed by atoms with Gasteiger partial charge in [-0.3, -0.25) is 13.8 Å². The maximum absolute atomic E-state index is 12.7. The summed E-state index contributed by atoms with van der Waals surface area (Å²) < 4.78 is 11.3. The lowest BCUT2D eigenvalue weighted by Crippen LogP contribution is -2.60. The van der Waals surface area contributed by atoms with E-state index in [0.717, 1.165) is 5.56 Å². The molecular weight excluding hydrogens is 288 g/mol. The Bertz CT molecular complexity index is 547. The molecule has 1 heterocycles. The van der Waals surface area contributed by atoms with Crippen LogP contribution in [0.2, 0.25) is 0 Å². The van der Waals surface area contributed by atoms with Crippen LogP contribution in [0.3, 0.4) is 0 Å². The Hall–Kier alpha value is -1.69. The second kappa shape index (κ2) is 6.85. The molecule has 1 aromatic rings. The molecule has 21 heavy (non-hydrogen) atoms. The first-order valence-corrected chi connectivity index (χ1v) is 8.73. The summed E-state index contributed by atoms with van der Waals surface area (Å²) in [6.07, 6.45) is 2.15. The summed E-state index contributed by atoms with van der Waals surface area (Å²) in [7, 11) is -0.992. The molecule has 1 N–H and O–H groups in total. The maximum Gasteiger partial charge on any atom is 0.250 e. The number of benzene rings is 1. The van der Waals surface area contributed by atoms with Crippen LogP contribution in [-0.2, 0) is 20.4 Å². The SMILES string of the molecule is CCC1C(=O)NC(c2ccccc2)C(=O)N1CCS(C)=O. The van der Waals surface area contributed by atoms with Crippen LogP contribution in [-0.4, -0.2) is 45.5 Å². The molecule has 1 saturated heterocycles. The van der Waals surface area contributed by atoms with Crippen molar-refractivity contribution in [2.75, 3.05) is 18.6 Å². The van der Waals surface area contributed by atoms with Crippen molar-refractivity contribution in [1.82, 2.24) is 10.2 Å². The van der Waals surface area contributed by atoms with E-state index in [1.54, 1.807) is 11.2 Å². The molecule has 3 unspecified atom stereocenters. The highest BCUT2D eigenvalue weighted by molar-refractivity contribution is 7.84. The van der Waals surface area contributed by atoms with Crippen LogP contribution >= 0.6 is 0 Å². The normalized spacial score (nSPS) is 23.8. The third-order valence-electron chi connectivity index (χ3n) is 3.63. The molecule has 1 aromatic carbocycles. The fourth-order valence-corrected chi connectivity index (χ4v) is 2.99. The Morgan fingerprint density at radius 2 is 1.90 bits per heavy atom. The monoisotopic (exact) mass is 308 g/mol. The van der Waals surface area contributed by atoms with Crippen molar-refractivity contribution < 1.29 is 13.8 Å². The average molecular weight is 308 g/mol. The second-order valence-corrected chi connectivity index (χ2v) is 6.64. The number of piperazine rings is 1. The van der Waals surface area contributed by atoms with Crippen molar-refractivity contribution in [1.29, 1.82) is 0 Å². The van der Waals surface area contributed by atoms with Crippen LogP contribution in [0.5, 0.6) is 0 Å². The van der Waals surface area contributed by atoms with Crippen molar-refractivity contribution >= 4 is 22.6 Å². The van der Waals surface area contributed by atoms with Gasteiger partial charge < -0.3 is 10.2 Å². The van der Waals surface area contributed by atoms with E-state index < -0.39 is 22.9 Å². The highest BCUT2D eigenvalue weighted by Gasteiger charge is 2.39. The standard InChI is InChI=1S/C15H20N2O3S/c1-3-12-14(18)16-13(11-7-5-4-6-8-11)15(19)17(12)9-10-21(2)20/h4-8,12-13H,3,9-10H2,1-2H3,(H,16,18). The number of nitrogens with zero attached hydrogens (tertiary/aromatic N) is 1. The summed E-state index contributed by atoms with van der Waals surface area (Å²) in [5.41, 5.74) is 0.771. The smallest absolute Gasteiger partial charge is 0.250 e.